The van der Waals surface area contributed by atoms with Gasteiger partial charge in [-0.2, -0.15) is 0 Å². The van der Waals surface area contributed by atoms with Crippen LogP contribution < -0.4 is 0 Å². The molecule has 0 aliphatic carbocycles. The average molecular weight is 327 g/mol. The lowest BCUT2D eigenvalue weighted by Gasteiger charge is -2.03. The van der Waals surface area contributed by atoms with Crippen molar-refractivity contribution in [2.75, 3.05) is 6.61 Å². The van der Waals surface area contributed by atoms with Gasteiger partial charge < -0.3 is 9.47 Å². The van der Waals surface area contributed by atoms with Crippen molar-refractivity contribution in [2.45, 2.75) is 13.8 Å². The van der Waals surface area contributed by atoms with Crippen molar-refractivity contribution in [2.24, 2.45) is 0 Å². The zero-order valence-electron chi connectivity index (χ0n) is 11.4. The molecule has 0 saturated heterocycles. The van der Waals surface area contributed by atoms with Crippen LogP contribution in [0.15, 0.2) is 35.3 Å². The molecule has 0 atom stereocenters. The zero-order valence-corrected chi connectivity index (χ0v) is 12.9. The summed E-state index contributed by atoms with van der Waals surface area (Å²) in [6, 6.07) is 4.98. The Morgan fingerprint density at radius 3 is 2.52 bits per heavy atom. The normalized spacial score (nSPS) is 16.4. The number of esters is 1. The molecule has 0 N–H and O–H groups in total. The molecule has 4 nitrogen and oxygen atoms in total. The number of ether oxygens (including phenoxy) is 2. The third-order valence-electron chi connectivity index (χ3n) is 2.82. The molecule has 2 rings (SSSR count). The van der Waals surface area contributed by atoms with Crippen LogP contribution in [0.3, 0.4) is 0 Å². The number of benzene rings is 1. The van der Waals surface area contributed by atoms with Crippen LogP contribution in [0.2, 0.25) is 10.0 Å². The van der Waals surface area contributed by atoms with E-state index in [0.29, 0.717) is 15.6 Å². The molecule has 0 amide bonds. The molecule has 0 bridgehead atoms. The lowest BCUT2D eigenvalue weighted by molar-refractivity contribution is -0.139. The fourth-order valence-electron chi connectivity index (χ4n) is 1.86. The van der Waals surface area contributed by atoms with Crippen LogP contribution in [0.5, 0.6) is 0 Å². The molecule has 1 aliphatic rings. The third-order valence-corrected chi connectivity index (χ3v) is 3.48. The molecule has 6 heteroatoms. The number of Topliss-reactive ketones (excluding diaryl/α,β-unsaturated/α-hetero) is 1. The van der Waals surface area contributed by atoms with E-state index in [2.05, 4.69) is 0 Å². The van der Waals surface area contributed by atoms with E-state index in [9.17, 15) is 9.59 Å². The number of carbonyl (C=O) groups excluding carboxylic acids is 2. The standard InChI is InChI=1S/C15H12Cl2O4/c1-3-20-15(19)13-8(2)21-12(14(13)18)7-9-10(16)5-4-6-11(9)17/h4-7H,3H2,1-2H3/b12-7-. The Labute approximate surface area is 131 Å². The Balaban J connectivity index is 2.36. The Morgan fingerprint density at radius 2 is 1.95 bits per heavy atom. The van der Waals surface area contributed by atoms with Gasteiger partial charge in [-0.25, -0.2) is 4.79 Å². The summed E-state index contributed by atoms with van der Waals surface area (Å²) in [6.07, 6.45) is 1.42. The predicted octanol–water partition coefficient (Wildman–Crippen LogP) is 3.77. The summed E-state index contributed by atoms with van der Waals surface area (Å²) < 4.78 is 10.2. The van der Waals surface area contributed by atoms with Crippen molar-refractivity contribution in [3.05, 3.63) is 50.9 Å². The molecule has 1 heterocycles. The Morgan fingerprint density at radius 1 is 1.33 bits per heavy atom. The van der Waals surface area contributed by atoms with Gasteiger partial charge in [0.15, 0.2) is 5.76 Å². The molecule has 21 heavy (non-hydrogen) atoms. The number of ketones is 1. The number of hydrogen-bond acceptors (Lipinski definition) is 4. The van der Waals surface area contributed by atoms with E-state index in [1.807, 2.05) is 0 Å². The van der Waals surface area contributed by atoms with E-state index in [-0.39, 0.29) is 23.7 Å². The SMILES string of the molecule is CCOC(=O)C1=C(C)O/C(=C\c2c(Cl)cccc2Cl)C1=O. The highest BCUT2D eigenvalue weighted by molar-refractivity contribution is 6.37. The molecule has 0 spiro atoms. The highest BCUT2D eigenvalue weighted by Gasteiger charge is 2.34. The highest BCUT2D eigenvalue weighted by atomic mass is 35.5. The molecule has 1 aromatic rings. The van der Waals surface area contributed by atoms with Crippen LogP contribution in [-0.2, 0) is 19.1 Å². The lowest BCUT2D eigenvalue weighted by atomic mass is 10.1. The van der Waals surface area contributed by atoms with Crippen LogP contribution in [0.4, 0.5) is 0 Å². The van der Waals surface area contributed by atoms with Gasteiger partial charge in [-0.1, -0.05) is 29.3 Å². The number of halogens is 2. The van der Waals surface area contributed by atoms with Gasteiger partial charge in [0.25, 0.3) is 0 Å². The monoisotopic (exact) mass is 326 g/mol. The van der Waals surface area contributed by atoms with Gasteiger partial charge in [0.1, 0.15) is 11.3 Å². The zero-order chi connectivity index (χ0) is 15.6. The van der Waals surface area contributed by atoms with Gasteiger partial charge in [-0.3, -0.25) is 4.79 Å². The van der Waals surface area contributed by atoms with E-state index < -0.39 is 11.8 Å². The van der Waals surface area contributed by atoms with Gasteiger partial charge in [-0.15, -0.1) is 0 Å². The van der Waals surface area contributed by atoms with Crippen molar-refractivity contribution in [3.63, 3.8) is 0 Å². The fourth-order valence-corrected chi connectivity index (χ4v) is 2.37. The van der Waals surface area contributed by atoms with Gasteiger partial charge in [0, 0.05) is 15.6 Å². The van der Waals surface area contributed by atoms with Gasteiger partial charge >= 0.3 is 5.97 Å². The van der Waals surface area contributed by atoms with Crippen molar-refractivity contribution in [1.29, 1.82) is 0 Å². The Kier molecular flexibility index (Phi) is 4.70. The van der Waals surface area contributed by atoms with Crippen molar-refractivity contribution in [3.8, 4) is 0 Å². The smallest absolute Gasteiger partial charge is 0.345 e. The van der Waals surface area contributed by atoms with Crippen LogP contribution in [-0.4, -0.2) is 18.4 Å². The van der Waals surface area contributed by atoms with E-state index in [1.54, 1.807) is 25.1 Å². The van der Waals surface area contributed by atoms with Crippen LogP contribution in [0, 0.1) is 0 Å². The maximum absolute atomic E-state index is 12.2. The first kappa shape index (κ1) is 15.6. The molecule has 0 aromatic heterocycles. The second-order valence-corrected chi connectivity index (χ2v) is 5.04. The summed E-state index contributed by atoms with van der Waals surface area (Å²) in [5.41, 5.74) is 0.355. The topological polar surface area (TPSA) is 52.6 Å². The summed E-state index contributed by atoms with van der Waals surface area (Å²) in [5, 5.41) is 0.766. The minimum atomic E-state index is -0.700. The Hall–Kier alpha value is -1.78. The largest absolute Gasteiger partial charge is 0.462 e. The first-order valence-corrected chi connectivity index (χ1v) is 6.97. The second-order valence-electron chi connectivity index (χ2n) is 4.23. The summed E-state index contributed by atoms with van der Waals surface area (Å²) >= 11 is 12.1. The van der Waals surface area contributed by atoms with Gasteiger partial charge in [0.2, 0.25) is 5.78 Å². The first-order valence-electron chi connectivity index (χ1n) is 6.22. The minimum absolute atomic E-state index is 0.00875. The molecule has 1 aliphatic heterocycles. The summed E-state index contributed by atoms with van der Waals surface area (Å²) in [7, 11) is 0. The number of hydrogen-bond donors (Lipinski definition) is 0. The van der Waals surface area contributed by atoms with E-state index in [1.165, 1.54) is 13.0 Å². The van der Waals surface area contributed by atoms with Gasteiger partial charge in [0.05, 0.1) is 6.61 Å². The van der Waals surface area contributed by atoms with Gasteiger partial charge in [-0.05, 0) is 32.1 Å². The number of carbonyl (C=O) groups is 2. The Bertz CT molecular complexity index is 654. The fraction of sp³-hybridized carbons (Fsp3) is 0.200. The minimum Gasteiger partial charge on any atom is -0.462 e. The number of allylic oxidation sites excluding steroid dienone is 2. The first-order chi connectivity index (χ1) is 9.95. The van der Waals surface area contributed by atoms with Crippen LogP contribution in [0.25, 0.3) is 6.08 Å². The molecule has 0 saturated carbocycles. The highest BCUT2D eigenvalue weighted by Crippen LogP contribution is 2.31. The van der Waals surface area contributed by atoms with Crippen molar-refractivity contribution in [1.82, 2.24) is 0 Å². The third kappa shape index (κ3) is 3.12. The second kappa shape index (κ2) is 6.33. The van der Waals surface area contributed by atoms with E-state index in [0.717, 1.165) is 0 Å². The molecule has 110 valence electrons. The van der Waals surface area contributed by atoms with Crippen molar-refractivity contribution < 1.29 is 19.1 Å². The van der Waals surface area contributed by atoms with E-state index in [4.69, 9.17) is 32.7 Å². The summed E-state index contributed by atoms with van der Waals surface area (Å²) in [4.78, 5) is 24.0. The molecular weight excluding hydrogens is 315 g/mol. The maximum Gasteiger partial charge on any atom is 0.345 e. The lowest BCUT2D eigenvalue weighted by Crippen LogP contribution is -2.14. The molecular formula is C15H12Cl2O4. The molecule has 1 aromatic carbocycles. The number of rotatable bonds is 3. The average Bonchev–Trinajstić information content (AvgIpc) is 2.69. The summed E-state index contributed by atoms with van der Waals surface area (Å²) in [5.74, 6) is -1.05. The van der Waals surface area contributed by atoms with Crippen LogP contribution in [0.1, 0.15) is 19.4 Å². The quantitative estimate of drug-likeness (QED) is 0.482. The summed E-state index contributed by atoms with van der Waals surface area (Å²) in [6.45, 7) is 3.37. The molecule has 0 fully saturated rings. The molecule has 0 radical (unpaired) electrons. The van der Waals surface area contributed by atoms with E-state index >= 15 is 0 Å². The maximum atomic E-state index is 12.2. The van der Waals surface area contributed by atoms with Crippen molar-refractivity contribution >= 4 is 41.0 Å². The predicted molar refractivity (Wildman–Crippen MR) is 79.9 cm³/mol. The van der Waals surface area contributed by atoms with Crippen LogP contribution >= 0.6 is 23.2 Å². The molecule has 0 unspecified atom stereocenters.